The Balaban J connectivity index is 2.60. The molecule has 0 radical (unpaired) electrons. The molecule has 0 heterocycles. The first-order valence-corrected chi connectivity index (χ1v) is 5.63. The fraction of sp³-hybridized carbons (Fsp3) is 0.462. The van der Waals surface area contributed by atoms with E-state index in [2.05, 4.69) is 12.2 Å². The van der Waals surface area contributed by atoms with Gasteiger partial charge in [0.15, 0.2) is 0 Å². The smallest absolute Gasteiger partial charge is 0.217 e. The Morgan fingerprint density at radius 3 is 2.62 bits per heavy atom. The van der Waals surface area contributed by atoms with Crippen LogP contribution in [-0.4, -0.2) is 19.1 Å². The molecule has 0 aliphatic rings. The van der Waals surface area contributed by atoms with Gasteiger partial charge in [0.2, 0.25) is 5.91 Å². The lowest BCUT2D eigenvalue weighted by atomic mass is 10.1. The van der Waals surface area contributed by atoms with E-state index in [-0.39, 0.29) is 11.9 Å². The molecule has 0 aromatic heterocycles. The van der Waals surface area contributed by atoms with Gasteiger partial charge in [0.1, 0.15) is 0 Å². The van der Waals surface area contributed by atoms with Gasteiger partial charge in [-0.05, 0) is 12.0 Å². The molecule has 1 rings (SSSR count). The summed E-state index contributed by atoms with van der Waals surface area (Å²) in [5.74, 6) is -0.0334. The van der Waals surface area contributed by atoms with Crippen molar-refractivity contribution in [3.05, 3.63) is 35.9 Å². The highest BCUT2D eigenvalue weighted by molar-refractivity contribution is 5.73. The predicted octanol–water partition coefficient (Wildman–Crippen LogP) is 2.29. The summed E-state index contributed by atoms with van der Waals surface area (Å²) in [7, 11) is 0. The van der Waals surface area contributed by atoms with E-state index in [1.165, 1.54) is 6.92 Å². The highest BCUT2D eigenvalue weighted by Crippen LogP contribution is 2.12. The zero-order chi connectivity index (χ0) is 11.8. The average molecular weight is 221 g/mol. The zero-order valence-corrected chi connectivity index (χ0v) is 9.90. The molecule has 0 saturated heterocycles. The molecule has 1 aromatic carbocycles. The van der Waals surface area contributed by atoms with Crippen molar-refractivity contribution in [2.75, 3.05) is 13.2 Å². The Kier molecular flexibility index (Phi) is 5.57. The highest BCUT2D eigenvalue weighted by atomic mass is 16.5. The molecule has 1 amide bonds. The van der Waals surface area contributed by atoms with E-state index in [0.717, 1.165) is 18.6 Å². The number of amides is 1. The van der Waals surface area contributed by atoms with Crippen molar-refractivity contribution < 1.29 is 9.53 Å². The van der Waals surface area contributed by atoms with Gasteiger partial charge in [0, 0.05) is 13.5 Å². The van der Waals surface area contributed by atoms with E-state index in [4.69, 9.17) is 4.74 Å². The third kappa shape index (κ3) is 4.45. The van der Waals surface area contributed by atoms with Gasteiger partial charge in [-0.25, -0.2) is 0 Å². The van der Waals surface area contributed by atoms with Crippen molar-refractivity contribution in [1.82, 2.24) is 5.32 Å². The van der Waals surface area contributed by atoms with E-state index >= 15 is 0 Å². The van der Waals surface area contributed by atoms with Crippen LogP contribution in [0.3, 0.4) is 0 Å². The Labute approximate surface area is 96.8 Å². The van der Waals surface area contributed by atoms with E-state index < -0.39 is 0 Å². The lowest BCUT2D eigenvalue weighted by Gasteiger charge is -2.18. The van der Waals surface area contributed by atoms with Gasteiger partial charge in [0.05, 0.1) is 12.6 Å². The summed E-state index contributed by atoms with van der Waals surface area (Å²) >= 11 is 0. The molecule has 0 unspecified atom stereocenters. The summed E-state index contributed by atoms with van der Waals surface area (Å²) in [5, 5.41) is 2.89. The molecule has 1 aromatic rings. The molecule has 0 fully saturated rings. The van der Waals surface area contributed by atoms with Crippen LogP contribution >= 0.6 is 0 Å². The summed E-state index contributed by atoms with van der Waals surface area (Å²) < 4.78 is 5.49. The van der Waals surface area contributed by atoms with E-state index in [0.29, 0.717) is 6.61 Å². The van der Waals surface area contributed by atoms with E-state index in [9.17, 15) is 4.79 Å². The normalized spacial score (nSPS) is 12.1. The van der Waals surface area contributed by atoms with E-state index in [1.54, 1.807) is 0 Å². The summed E-state index contributed by atoms with van der Waals surface area (Å²) in [6.45, 7) is 4.84. The molecule has 88 valence electrons. The number of benzene rings is 1. The van der Waals surface area contributed by atoms with Gasteiger partial charge in [-0.1, -0.05) is 37.3 Å². The molecule has 16 heavy (non-hydrogen) atoms. The zero-order valence-electron chi connectivity index (χ0n) is 9.90. The average Bonchev–Trinajstić information content (AvgIpc) is 2.29. The van der Waals surface area contributed by atoms with Gasteiger partial charge < -0.3 is 10.1 Å². The summed E-state index contributed by atoms with van der Waals surface area (Å²) in [5.41, 5.74) is 1.08. The van der Waals surface area contributed by atoms with Crippen molar-refractivity contribution in [2.24, 2.45) is 0 Å². The number of carbonyl (C=O) groups is 1. The second kappa shape index (κ2) is 7.01. The Hall–Kier alpha value is -1.35. The predicted molar refractivity (Wildman–Crippen MR) is 64.1 cm³/mol. The molecule has 1 atom stereocenters. The number of ether oxygens (including phenoxy) is 1. The largest absolute Gasteiger partial charge is 0.379 e. The van der Waals surface area contributed by atoms with Gasteiger partial charge in [-0.2, -0.15) is 0 Å². The second-order valence-electron chi connectivity index (χ2n) is 3.74. The first-order valence-electron chi connectivity index (χ1n) is 5.63. The summed E-state index contributed by atoms with van der Waals surface area (Å²) in [4.78, 5) is 11.1. The van der Waals surface area contributed by atoms with Crippen LogP contribution in [0.15, 0.2) is 30.3 Å². The molecular weight excluding hydrogens is 202 g/mol. The lowest BCUT2D eigenvalue weighted by Crippen LogP contribution is -2.29. The topological polar surface area (TPSA) is 38.3 Å². The Morgan fingerprint density at radius 1 is 1.38 bits per heavy atom. The second-order valence-corrected chi connectivity index (χ2v) is 3.74. The molecule has 0 bridgehead atoms. The van der Waals surface area contributed by atoms with E-state index in [1.807, 2.05) is 30.3 Å². The number of hydrogen-bond acceptors (Lipinski definition) is 2. The van der Waals surface area contributed by atoms with Gasteiger partial charge in [0.25, 0.3) is 0 Å². The number of carbonyl (C=O) groups excluding carboxylic acids is 1. The Morgan fingerprint density at radius 2 is 2.06 bits per heavy atom. The fourth-order valence-electron chi connectivity index (χ4n) is 1.50. The van der Waals surface area contributed by atoms with Gasteiger partial charge in [-0.3, -0.25) is 4.79 Å². The highest BCUT2D eigenvalue weighted by Gasteiger charge is 2.11. The Bertz CT molecular complexity index is 311. The fourth-order valence-corrected chi connectivity index (χ4v) is 1.50. The maximum atomic E-state index is 11.1. The summed E-state index contributed by atoms with van der Waals surface area (Å²) in [6.07, 6.45) is 0.988. The molecule has 0 aliphatic carbocycles. The van der Waals surface area contributed by atoms with Crippen molar-refractivity contribution in [3.63, 3.8) is 0 Å². The lowest BCUT2D eigenvalue weighted by molar-refractivity contribution is -0.120. The minimum atomic E-state index is -0.0507. The maximum Gasteiger partial charge on any atom is 0.217 e. The molecule has 3 nitrogen and oxygen atoms in total. The third-order valence-corrected chi connectivity index (χ3v) is 2.21. The quantitative estimate of drug-likeness (QED) is 0.748. The van der Waals surface area contributed by atoms with Crippen LogP contribution in [0.5, 0.6) is 0 Å². The minimum absolute atomic E-state index is 0.0334. The molecule has 0 spiro atoms. The third-order valence-electron chi connectivity index (χ3n) is 2.21. The molecule has 0 saturated carbocycles. The van der Waals surface area contributed by atoms with Crippen LogP contribution in [0, 0.1) is 0 Å². The minimum Gasteiger partial charge on any atom is -0.379 e. The van der Waals surface area contributed by atoms with Crippen molar-refractivity contribution in [1.29, 1.82) is 0 Å². The molecule has 0 aliphatic heterocycles. The van der Waals surface area contributed by atoms with Crippen LogP contribution in [0.4, 0.5) is 0 Å². The standard InChI is InChI=1S/C13H19NO2/c1-3-9-16-10-13(14-11(2)15)12-7-5-4-6-8-12/h4-8,13H,3,9-10H2,1-2H3,(H,14,15)/t13-/m1/s1. The van der Waals surface area contributed by atoms with Crippen LogP contribution in [0.25, 0.3) is 0 Å². The van der Waals surface area contributed by atoms with Crippen LogP contribution in [0.2, 0.25) is 0 Å². The number of rotatable bonds is 6. The molecule has 3 heteroatoms. The van der Waals surface area contributed by atoms with Crippen molar-refractivity contribution in [2.45, 2.75) is 26.3 Å². The first-order chi connectivity index (χ1) is 7.74. The van der Waals surface area contributed by atoms with Crippen LogP contribution in [-0.2, 0) is 9.53 Å². The van der Waals surface area contributed by atoms with Gasteiger partial charge >= 0.3 is 0 Å². The molecular formula is C13H19NO2. The number of nitrogens with one attached hydrogen (secondary N) is 1. The van der Waals surface area contributed by atoms with Crippen molar-refractivity contribution >= 4 is 5.91 Å². The SMILES string of the molecule is CCCOC[C@@H](NC(C)=O)c1ccccc1. The van der Waals surface area contributed by atoms with Crippen molar-refractivity contribution in [3.8, 4) is 0 Å². The van der Waals surface area contributed by atoms with Crippen LogP contribution in [0.1, 0.15) is 31.9 Å². The van der Waals surface area contributed by atoms with Gasteiger partial charge in [-0.15, -0.1) is 0 Å². The number of hydrogen-bond donors (Lipinski definition) is 1. The first kappa shape index (κ1) is 12.7. The monoisotopic (exact) mass is 221 g/mol. The maximum absolute atomic E-state index is 11.1. The molecule has 1 N–H and O–H groups in total. The van der Waals surface area contributed by atoms with Crippen LogP contribution < -0.4 is 5.32 Å². The summed E-state index contributed by atoms with van der Waals surface area (Å²) in [6, 6.07) is 9.83.